The molecule has 3 aromatic rings. The number of hydrogen-bond acceptors (Lipinski definition) is 3. The average Bonchev–Trinajstić information content (AvgIpc) is 2.49. The molecule has 0 bridgehead atoms. The second-order valence-electron chi connectivity index (χ2n) is 4.46. The normalized spacial score (nSPS) is 10.5. The summed E-state index contributed by atoms with van der Waals surface area (Å²) < 4.78 is 6.14. The monoisotopic (exact) mass is 343 g/mol. The Kier molecular flexibility index (Phi) is 3.58. The van der Waals surface area contributed by atoms with E-state index < -0.39 is 0 Å². The standard InChI is InChI=1S/C16H10BrNO3/c17-11-3-1-10(2-4-11)16(20)18-12-5-6-15-13(9-12)14(19)7-8-21-15/h1-9H,(H,18,20). The number of hydrogen-bond donors (Lipinski definition) is 1. The van der Waals surface area contributed by atoms with Crippen LogP contribution in [0.3, 0.4) is 0 Å². The summed E-state index contributed by atoms with van der Waals surface area (Å²) in [5.41, 5.74) is 1.44. The van der Waals surface area contributed by atoms with Crippen molar-refractivity contribution in [2.24, 2.45) is 0 Å². The van der Waals surface area contributed by atoms with E-state index in [0.29, 0.717) is 22.2 Å². The lowest BCUT2D eigenvalue weighted by Crippen LogP contribution is -2.12. The lowest BCUT2D eigenvalue weighted by atomic mass is 10.2. The summed E-state index contributed by atoms with van der Waals surface area (Å²) >= 11 is 3.32. The molecule has 0 saturated heterocycles. The molecule has 0 fully saturated rings. The molecule has 21 heavy (non-hydrogen) atoms. The van der Waals surface area contributed by atoms with Crippen molar-refractivity contribution >= 4 is 38.5 Å². The number of fused-ring (bicyclic) bond motifs is 1. The van der Waals surface area contributed by atoms with Crippen LogP contribution in [0.15, 0.2) is 68.5 Å². The second-order valence-corrected chi connectivity index (χ2v) is 5.37. The van der Waals surface area contributed by atoms with Crippen molar-refractivity contribution in [2.45, 2.75) is 0 Å². The molecule has 0 saturated carbocycles. The number of carbonyl (C=O) groups excluding carboxylic acids is 1. The van der Waals surface area contributed by atoms with Gasteiger partial charge in [-0.05, 0) is 42.5 Å². The van der Waals surface area contributed by atoms with Crippen LogP contribution in [0.2, 0.25) is 0 Å². The Bertz CT molecular complexity index is 869. The molecule has 0 atom stereocenters. The zero-order valence-corrected chi connectivity index (χ0v) is 12.4. The number of rotatable bonds is 2. The SMILES string of the molecule is O=C(Nc1ccc2occc(=O)c2c1)c1ccc(Br)cc1. The predicted molar refractivity (Wildman–Crippen MR) is 84.6 cm³/mol. The Hall–Kier alpha value is -2.40. The first-order valence-electron chi connectivity index (χ1n) is 6.22. The van der Waals surface area contributed by atoms with E-state index in [4.69, 9.17) is 4.42 Å². The molecule has 1 amide bonds. The molecule has 3 rings (SSSR count). The number of amides is 1. The highest BCUT2D eigenvalue weighted by atomic mass is 79.9. The molecule has 4 nitrogen and oxygen atoms in total. The van der Waals surface area contributed by atoms with E-state index in [0.717, 1.165) is 4.47 Å². The molecule has 0 spiro atoms. The Morgan fingerprint density at radius 3 is 2.57 bits per heavy atom. The van der Waals surface area contributed by atoms with Crippen LogP contribution in [0.25, 0.3) is 11.0 Å². The summed E-state index contributed by atoms with van der Waals surface area (Å²) in [6.45, 7) is 0. The maximum atomic E-state index is 12.1. The van der Waals surface area contributed by atoms with Gasteiger partial charge in [-0.25, -0.2) is 0 Å². The van der Waals surface area contributed by atoms with Gasteiger partial charge >= 0.3 is 0 Å². The van der Waals surface area contributed by atoms with Gasteiger partial charge in [-0.15, -0.1) is 0 Å². The molecule has 1 heterocycles. The summed E-state index contributed by atoms with van der Waals surface area (Å²) in [6.07, 6.45) is 1.35. The third-order valence-electron chi connectivity index (χ3n) is 3.02. The van der Waals surface area contributed by atoms with Crippen LogP contribution in [0.5, 0.6) is 0 Å². The molecule has 0 aliphatic carbocycles. The van der Waals surface area contributed by atoms with Crippen molar-refractivity contribution in [3.8, 4) is 0 Å². The van der Waals surface area contributed by atoms with Gasteiger partial charge in [0.2, 0.25) is 0 Å². The van der Waals surface area contributed by atoms with Gasteiger partial charge in [-0.1, -0.05) is 15.9 Å². The molecular weight excluding hydrogens is 334 g/mol. The van der Waals surface area contributed by atoms with Gasteiger partial charge in [0.05, 0.1) is 11.6 Å². The first kappa shape index (κ1) is 13.6. The highest BCUT2D eigenvalue weighted by molar-refractivity contribution is 9.10. The summed E-state index contributed by atoms with van der Waals surface area (Å²) in [6, 6.07) is 13.3. The highest BCUT2D eigenvalue weighted by Gasteiger charge is 2.07. The van der Waals surface area contributed by atoms with Gasteiger partial charge in [0.25, 0.3) is 5.91 Å². The van der Waals surface area contributed by atoms with E-state index >= 15 is 0 Å². The Balaban J connectivity index is 1.91. The molecule has 5 heteroatoms. The average molecular weight is 344 g/mol. The molecule has 0 aliphatic rings. The van der Waals surface area contributed by atoms with Crippen LogP contribution in [0.1, 0.15) is 10.4 Å². The summed E-state index contributed by atoms with van der Waals surface area (Å²) in [5.74, 6) is -0.234. The van der Waals surface area contributed by atoms with Gasteiger partial charge in [0.15, 0.2) is 5.43 Å². The minimum atomic E-state index is -0.234. The highest BCUT2D eigenvalue weighted by Crippen LogP contribution is 2.17. The number of nitrogens with one attached hydrogen (secondary N) is 1. The maximum Gasteiger partial charge on any atom is 0.255 e. The first-order valence-corrected chi connectivity index (χ1v) is 7.01. The number of benzene rings is 2. The zero-order chi connectivity index (χ0) is 14.8. The first-order chi connectivity index (χ1) is 10.1. The van der Waals surface area contributed by atoms with E-state index in [2.05, 4.69) is 21.2 Å². The van der Waals surface area contributed by atoms with Crippen LogP contribution >= 0.6 is 15.9 Å². The molecule has 2 aromatic carbocycles. The largest absolute Gasteiger partial charge is 0.464 e. The van der Waals surface area contributed by atoms with Crippen LogP contribution in [-0.4, -0.2) is 5.91 Å². The zero-order valence-electron chi connectivity index (χ0n) is 10.8. The van der Waals surface area contributed by atoms with Gasteiger partial charge in [0, 0.05) is 21.8 Å². The van der Waals surface area contributed by atoms with Gasteiger partial charge in [-0.3, -0.25) is 9.59 Å². The van der Waals surface area contributed by atoms with E-state index in [1.807, 2.05) is 0 Å². The van der Waals surface area contributed by atoms with Crippen molar-refractivity contribution < 1.29 is 9.21 Å². The summed E-state index contributed by atoms with van der Waals surface area (Å²) in [4.78, 5) is 23.9. The quantitative estimate of drug-likeness (QED) is 0.769. The maximum absolute atomic E-state index is 12.1. The van der Waals surface area contributed by atoms with Crippen molar-refractivity contribution in [3.63, 3.8) is 0 Å². The number of anilines is 1. The molecule has 0 radical (unpaired) electrons. The van der Waals surface area contributed by atoms with Crippen molar-refractivity contribution in [2.75, 3.05) is 5.32 Å². The minimum absolute atomic E-state index is 0.143. The Morgan fingerprint density at radius 2 is 1.81 bits per heavy atom. The van der Waals surface area contributed by atoms with E-state index in [-0.39, 0.29) is 11.3 Å². The predicted octanol–water partition coefficient (Wildman–Crippen LogP) is 3.81. The minimum Gasteiger partial charge on any atom is -0.464 e. The van der Waals surface area contributed by atoms with Crippen molar-refractivity contribution in [1.29, 1.82) is 0 Å². The molecule has 1 aromatic heterocycles. The Morgan fingerprint density at radius 1 is 1.05 bits per heavy atom. The van der Waals surface area contributed by atoms with Crippen LogP contribution in [-0.2, 0) is 0 Å². The molecule has 0 aliphatic heterocycles. The fourth-order valence-corrected chi connectivity index (χ4v) is 2.23. The van der Waals surface area contributed by atoms with E-state index in [1.54, 1.807) is 42.5 Å². The smallest absolute Gasteiger partial charge is 0.255 e. The Labute approximate surface area is 128 Å². The van der Waals surface area contributed by atoms with Crippen molar-refractivity contribution in [1.82, 2.24) is 0 Å². The lowest BCUT2D eigenvalue weighted by Gasteiger charge is -2.06. The number of carbonyl (C=O) groups is 1. The number of halogens is 1. The van der Waals surface area contributed by atoms with Crippen LogP contribution in [0, 0.1) is 0 Å². The summed E-state index contributed by atoms with van der Waals surface area (Å²) in [5, 5.41) is 3.20. The van der Waals surface area contributed by atoms with E-state index in [1.165, 1.54) is 12.3 Å². The van der Waals surface area contributed by atoms with E-state index in [9.17, 15) is 9.59 Å². The van der Waals surface area contributed by atoms with Gasteiger partial charge in [-0.2, -0.15) is 0 Å². The van der Waals surface area contributed by atoms with Gasteiger partial charge < -0.3 is 9.73 Å². The second kappa shape index (κ2) is 5.54. The lowest BCUT2D eigenvalue weighted by molar-refractivity contribution is 0.102. The fraction of sp³-hybridized carbons (Fsp3) is 0. The van der Waals surface area contributed by atoms with Crippen LogP contribution < -0.4 is 10.7 Å². The van der Waals surface area contributed by atoms with Gasteiger partial charge in [0.1, 0.15) is 5.58 Å². The molecule has 104 valence electrons. The molecule has 1 N–H and O–H groups in total. The van der Waals surface area contributed by atoms with Crippen molar-refractivity contribution in [3.05, 3.63) is 75.1 Å². The molecule has 0 unspecified atom stereocenters. The third kappa shape index (κ3) is 2.87. The third-order valence-corrected chi connectivity index (χ3v) is 3.55. The topological polar surface area (TPSA) is 59.3 Å². The molecular formula is C16H10BrNO3. The summed E-state index contributed by atoms with van der Waals surface area (Å²) in [7, 11) is 0. The van der Waals surface area contributed by atoms with Crippen LogP contribution in [0.4, 0.5) is 5.69 Å². The fourth-order valence-electron chi connectivity index (χ4n) is 1.97.